The van der Waals surface area contributed by atoms with Crippen molar-refractivity contribution in [1.82, 2.24) is 0 Å². The molecule has 0 radical (unpaired) electrons. The third-order valence-corrected chi connectivity index (χ3v) is 0.650. The zero-order chi connectivity index (χ0) is 9.66. The van der Waals surface area contributed by atoms with Gasteiger partial charge in [-0.25, -0.2) is 22.5 Å². The van der Waals surface area contributed by atoms with Crippen molar-refractivity contribution in [2.24, 2.45) is 10.4 Å². The number of nitrogens with zero attached hydrogens (tertiary/aromatic N) is 2. The zero-order valence-corrected chi connectivity index (χ0v) is 10.2. The van der Waals surface area contributed by atoms with Crippen LogP contribution in [0.5, 0.6) is 0 Å². The smallest absolute Gasteiger partial charge is 0 e. The van der Waals surface area contributed by atoms with Crippen LogP contribution < -0.4 is 0 Å². The summed E-state index contributed by atoms with van der Waals surface area (Å²) in [6.07, 6.45) is 0. The van der Waals surface area contributed by atoms with Crippen LogP contribution in [-0.2, 0) is 21.1 Å². The van der Waals surface area contributed by atoms with Gasteiger partial charge in [0.15, 0.2) is 0 Å². The summed E-state index contributed by atoms with van der Waals surface area (Å²) in [6.45, 7) is 5.39. The molecule has 13 heavy (non-hydrogen) atoms. The molecule has 0 aromatic heterocycles. The van der Waals surface area contributed by atoms with Gasteiger partial charge in [0, 0.05) is 21.1 Å². The second-order valence-electron chi connectivity index (χ2n) is 1.29. The first kappa shape index (κ1) is 18.0. The fraction of sp³-hybridized carbons (Fsp3) is 0.125. The summed E-state index contributed by atoms with van der Waals surface area (Å²) < 4.78 is 0. The van der Waals surface area contributed by atoms with Gasteiger partial charge in [-0.05, 0) is 0 Å². The van der Waals surface area contributed by atoms with E-state index in [9.17, 15) is 0 Å². The van der Waals surface area contributed by atoms with Crippen LogP contribution in [0.25, 0.3) is 0 Å². The maximum Gasteiger partial charge on any atom is 0 e. The van der Waals surface area contributed by atoms with E-state index in [1.54, 1.807) is 6.92 Å². The minimum atomic E-state index is 0. The minimum absolute atomic E-state index is 0. The molecule has 0 spiro atoms. The Balaban J connectivity index is -0.000000122. The Morgan fingerprint density at radius 3 is 1.62 bits per heavy atom. The number of nitroso groups, excluding NO2 is 2. The van der Waals surface area contributed by atoms with Crippen molar-refractivity contribution >= 4 is 0 Å². The fourth-order valence-corrected chi connectivity index (χ4v) is 0.340. The first-order valence-corrected chi connectivity index (χ1v) is 3.26. The van der Waals surface area contributed by atoms with Crippen molar-refractivity contribution < 1.29 is 21.1 Å². The average Bonchev–Trinajstić information content (AvgIpc) is 2.67. The molecular weight excluding hydrogens is 340 g/mol. The second-order valence-corrected chi connectivity index (χ2v) is 1.29. The summed E-state index contributed by atoms with van der Waals surface area (Å²) >= 11 is 0. The van der Waals surface area contributed by atoms with Gasteiger partial charge in [-0.2, -0.15) is 34.9 Å². The molecule has 0 atom stereocenters. The van der Waals surface area contributed by atoms with E-state index < -0.39 is 0 Å². The summed E-state index contributed by atoms with van der Waals surface area (Å²) in [5, 5.41) is 4.00. The van der Waals surface area contributed by atoms with Gasteiger partial charge in [0.1, 0.15) is 0 Å². The van der Waals surface area contributed by atoms with Gasteiger partial charge in [-0.1, -0.05) is 6.67 Å². The molecule has 0 unspecified atom stereocenters. The van der Waals surface area contributed by atoms with Crippen molar-refractivity contribution in [3.8, 4) is 0 Å². The summed E-state index contributed by atoms with van der Waals surface area (Å²) in [5.41, 5.74) is 0. The van der Waals surface area contributed by atoms with E-state index in [1.165, 1.54) is 0 Å². The van der Waals surface area contributed by atoms with E-state index in [0.29, 0.717) is 6.67 Å². The van der Waals surface area contributed by atoms with E-state index in [4.69, 9.17) is 9.81 Å². The molecule has 0 saturated carbocycles. The van der Waals surface area contributed by atoms with Crippen LogP contribution >= 0.6 is 0 Å². The molecule has 1 aromatic carbocycles. The first-order chi connectivity index (χ1) is 5.91. The summed E-state index contributed by atoms with van der Waals surface area (Å²) in [5.74, 6) is 0. The van der Waals surface area contributed by atoms with E-state index in [-0.39, 0.29) is 21.1 Å². The third kappa shape index (κ3) is 24.7. The Morgan fingerprint density at radius 2 is 1.54 bits per heavy atom. The molecule has 5 heteroatoms. The van der Waals surface area contributed by atoms with E-state index in [0.717, 1.165) is 0 Å². The molecule has 0 saturated heterocycles. The third-order valence-electron chi connectivity index (χ3n) is 0.650. The monoisotopic (exact) mass is 351 g/mol. The Labute approximate surface area is 92.3 Å². The number of hydrogen-bond acceptors (Lipinski definition) is 4. The molecule has 0 heterocycles. The molecule has 0 N–H and O–H groups in total. The average molecular weight is 351 g/mol. The topological polar surface area (TPSA) is 58.9 Å². The Bertz CT molecular complexity index is 143. The molecule has 0 aliphatic rings. The Morgan fingerprint density at radius 1 is 1.15 bits per heavy atom. The van der Waals surface area contributed by atoms with Crippen LogP contribution in [0.2, 0.25) is 0 Å². The fourth-order valence-electron chi connectivity index (χ4n) is 0.340. The Kier molecular flexibility index (Phi) is 31.1. The van der Waals surface area contributed by atoms with Crippen molar-refractivity contribution in [2.75, 3.05) is 0 Å². The number of hydrogen-bond donors (Lipinski definition) is 0. The molecule has 4 nitrogen and oxygen atoms in total. The van der Waals surface area contributed by atoms with Crippen LogP contribution in [-0.4, -0.2) is 0 Å². The van der Waals surface area contributed by atoms with E-state index in [2.05, 4.69) is 6.92 Å². The van der Waals surface area contributed by atoms with Gasteiger partial charge in [0.25, 0.3) is 0 Å². The summed E-state index contributed by atoms with van der Waals surface area (Å²) in [7, 11) is 0. The molecule has 1 rings (SSSR count). The molecule has 0 aliphatic carbocycles. The van der Waals surface area contributed by atoms with Crippen LogP contribution in [0.15, 0.2) is 40.7 Å². The molecule has 74 valence electrons. The van der Waals surface area contributed by atoms with Gasteiger partial charge in [-0.15, -0.1) is 0 Å². The predicted molar refractivity (Wildman–Crippen MR) is 49.0 cm³/mol. The van der Waals surface area contributed by atoms with Crippen molar-refractivity contribution in [3.05, 3.63) is 53.7 Å². The van der Waals surface area contributed by atoms with Gasteiger partial charge in [0.05, 0.1) is 0 Å². The normalized spacial score (nSPS) is 5.69. The largest absolute Gasteiger partial charge is 0.346 e. The maximum atomic E-state index is 8.81. The first-order valence-electron chi connectivity index (χ1n) is 3.26. The van der Waals surface area contributed by atoms with Crippen molar-refractivity contribution in [1.29, 1.82) is 0 Å². The molecule has 0 aliphatic heterocycles. The molecule has 0 amide bonds. The summed E-state index contributed by atoms with van der Waals surface area (Å²) in [4.78, 5) is 17.6. The van der Waals surface area contributed by atoms with Crippen molar-refractivity contribution in [3.63, 3.8) is 0 Å². The molecule has 1 aromatic rings. The van der Waals surface area contributed by atoms with E-state index in [1.807, 2.05) is 40.7 Å². The zero-order valence-electron chi connectivity index (χ0n) is 7.29. The van der Waals surface area contributed by atoms with Gasteiger partial charge in [-0.3, -0.25) is 0 Å². The van der Waals surface area contributed by atoms with Crippen LogP contribution in [0.3, 0.4) is 0 Å². The van der Waals surface area contributed by atoms with Gasteiger partial charge < -0.3 is 6.92 Å². The predicted octanol–water partition coefficient (Wildman–Crippen LogP) is 2.88. The minimum Gasteiger partial charge on any atom is -0.346 e. The van der Waals surface area contributed by atoms with Crippen molar-refractivity contribution in [2.45, 2.75) is 6.92 Å². The van der Waals surface area contributed by atoms with Crippen LogP contribution in [0.1, 0.15) is 6.92 Å². The molecule has 0 bridgehead atoms. The van der Waals surface area contributed by atoms with E-state index >= 15 is 0 Å². The van der Waals surface area contributed by atoms with Gasteiger partial charge in [0.2, 0.25) is 0 Å². The standard InChI is InChI=1S/C5H5.C2H5.CHN2O2.W/c1-2-4-5-3-1;1-2;4-2-1-3-5;/h1-5H;1H2,2H3;1H;/q3*-1;. The SMILES string of the molecule is O=N[CH-]N=O.[CH2-]C.[W].c1cc[cH-]c1. The van der Waals surface area contributed by atoms with Crippen LogP contribution in [0.4, 0.5) is 0 Å². The Hall–Kier alpha value is -0.892. The molecule has 0 fully saturated rings. The number of rotatable bonds is 2. The van der Waals surface area contributed by atoms with Crippen LogP contribution in [0, 0.1) is 23.4 Å². The second kappa shape index (κ2) is 22.5. The molecular formula is C8H11N2O2W-3. The maximum absolute atomic E-state index is 8.81. The summed E-state index contributed by atoms with van der Waals surface area (Å²) in [6, 6.07) is 10.0. The van der Waals surface area contributed by atoms with Gasteiger partial charge >= 0.3 is 0 Å². The quantitative estimate of drug-likeness (QED) is 0.608.